The second-order valence-corrected chi connectivity index (χ2v) is 4.72. The van der Waals surface area contributed by atoms with Crippen LogP contribution in [-0.4, -0.2) is 21.0 Å². The third kappa shape index (κ3) is 3.57. The molecule has 0 spiro atoms. The van der Waals surface area contributed by atoms with Gasteiger partial charge in [0.25, 0.3) is 0 Å². The maximum absolute atomic E-state index is 9.23. The Morgan fingerprint density at radius 1 is 1.47 bits per heavy atom. The van der Waals surface area contributed by atoms with Gasteiger partial charge < -0.3 is 9.84 Å². The lowest BCUT2D eigenvalue weighted by Crippen LogP contribution is -2.11. The molecule has 1 aromatic heterocycles. The quantitative estimate of drug-likeness (QED) is 0.944. The lowest BCUT2D eigenvalue weighted by Gasteiger charge is -2.04. The highest BCUT2D eigenvalue weighted by atomic mass is 79.9. The molecule has 0 aliphatic carbocycles. The molecule has 2 aromatic rings. The summed E-state index contributed by atoms with van der Waals surface area (Å²) in [6.45, 7) is 2.18. The van der Waals surface area contributed by atoms with Crippen LogP contribution in [0.2, 0.25) is 0 Å². The van der Waals surface area contributed by atoms with Gasteiger partial charge in [-0.3, -0.25) is 4.68 Å². The molecule has 90 valence electrons. The first-order valence-electron chi connectivity index (χ1n) is 5.27. The Morgan fingerprint density at radius 2 is 2.29 bits per heavy atom. The van der Waals surface area contributed by atoms with Crippen molar-refractivity contribution in [1.29, 1.82) is 0 Å². The van der Waals surface area contributed by atoms with E-state index in [-0.39, 0.29) is 0 Å². The molecule has 0 aliphatic heterocycles. The van der Waals surface area contributed by atoms with Gasteiger partial charge in [-0.15, -0.1) is 0 Å². The Balaban J connectivity index is 2.06. The van der Waals surface area contributed by atoms with E-state index in [1.807, 2.05) is 24.3 Å². The van der Waals surface area contributed by atoms with E-state index in [2.05, 4.69) is 21.0 Å². The first-order valence-corrected chi connectivity index (χ1v) is 6.07. The molecule has 0 bridgehead atoms. The summed E-state index contributed by atoms with van der Waals surface area (Å²) in [7, 11) is 0. The van der Waals surface area contributed by atoms with Gasteiger partial charge in [-0.2, -0.15) is 5.10 Å². The minimum atomic E-state index is -0.423. The number of aromatic nitrogens is 2. The number of aliphatic hydroxyl groups excluding tert-OH is 1. The van der Waals surface area contributed by atoms with Gasteiger partial charge >= 0.3 is 0 Å². The van der Waals surface area contributed by atoms with Crippen molar-refractivity contribution in [2.45, 2.75) is 19.6 Å². The number of aliphatic hydroxyl groups is 1. The van der Waals surface area contributed by atoms with Crippen LogP contribution in [0.5, 0.6) is 11.5 Å². The normalized spacial score (nSPS) is 12.4. The smallest absolute Gasteiger partial charge is 0.165 e. The molecule has 5 heteroatoms. The number of hydrogen-bond acceptors (Lipinski definition) is 3. The van der Waals surface area contributed by atoms with E-state index in [0.29, 0.717) is 12.3 Å². The summed E-state index contributed by atoms with van der Waals surface area (Å²) in [5, 5.41) is 13.3. The van der Waals surface area contributed by atoms with Crippen LogP contribution >= 0.6 is 15.9 Å². The van der Waals surface area contributed by atoms with Crippen molar-refractivity contribution in [2.24, 2.45) is 0 Å². The zero-order valence-electron chi connectivity index (χ0n) is 9.38. The fourth-order valence-corrected chi connectivity index (χ4v) is 1.81. The van der Waals surface area contributed by atoms with Gasteiger partial charge in [-0.1, -0.05) is 22.0 Å². The van der Waals surface area contributed by atoms with E-state index in [1.54, 1.807) is 24.0 Å². The maximum Gasteiger partial charge on any atom is 0.165 e. The lowest BCUT2D eigenvalue weighted by molar-refractivity contribution is 0.168. The predicted molar refractivity (Wildman–Crippen MR) is 68.1 cm³/mol. The minimum Gasteiger partial charge on any atom is -0.454 e. The van der Waals surface area contributed by atoms with E-state index < -0.39 is 6.10 Å². The van der Waals surface area contributed by atoms with Crippen molar-refractivity contribution in [3.8, 4) is 11.5 Å². The van der Waals surface area contributed by atoms with Gasteiger partial charge in [0.2, 0.25) is 0 Å². The van der Waals surface area contributed by atoms with E-state index in [4.69, 9.17) is 4.74 Å². The summed E-state index contributed by atoms with van der Waals surface area (Å²) < 4.78 is 8.24. The molecule has 1 N–H and O–H groups in total. The molecule has 0 fully saturated rings. The summed E-state index contributed by atoms with van der Waals surface area (Å²) >= 11 is 3.38. The standard InChI is InChI=1S/C12H13BrN2O2/c1-9(16)7-15-8-12(6-14-15)17-11-4-2-3-10(13)5-11/h2-6,8-9,16H,7H2,1H3. The van der Waals surface area contributed by atoms with Crippen LogP contribution in [0.4, 0.5) is 0 Å². The van der Waals surface area contributed by atoms with Crippen LogP contribution in [-0.2, 0) is 6.54 Å². The highest BCUT2D eigenvalue weighted by Crippen LogP contribution is 2.23. The number of hydrogen-bond donors (Lipinski definition) is 1. The summed E-state index contributed by atoms with van der Waals surface area (Å²) in [5.41, 5.74) is 0. The Kier molecular flexibility index (Phi) is 3.81. The van der Waals surface area contributed by atoms with Gasteiger partial charge in [-0.05, 0) is 25.1 Å². The van der Waals surface area contributed by atoms with Crippen LogP contribution in [0.3, 0.4) is 0 Å². The third-order valence-corrected chi connectivity index (χ3v) is 2.59. The Bertz CT molecular complexity index is 497. The minimum absolute atomic E-state index is 0.423. The number of halogens is 1. The number of ether oxygens (including phenoxy) is 1. The van der Waals surface area contributed by atoms with E-state index in [0.717, 1.165) is 10.2 Å². The molecule has 1 aromatic carbocycles. The molecule has 0 amide bonds. The number of rotatable bonds is 4. The van der Waals surface area contributed by atoms with Crippen molar-refractivity contribution in [2.75, 3.05) is 0 Å². The molecule has 1 unspecified atom stereocenters. The molecule has 0 radical (unpaired) electrons. The van der Waals surface area contributed by atoms with Gasteiger partial charge in [-0.25, -0.2) is 0 Å². The van der Waals surface area contributed by atoms with Crippen molar-refractivity contribution < 1.29 is 9.84 Å². The Labute approximate surface area is 108 Å². The molecule has 0 aliphatic rings. The van der Waals surface area contributed by atoms with Crippen LogP contribution in [0.1, 0.15) is 6.92 Å². The molecule has 4 nitrogen and oxygen atoms in total. The molecule has 1 heterocycles. The number of nitrogens with zero attached hydrogens (tertiary/aromatic N) is 2. The third-order valence-electron chi connectivity index (χ3n) is 2.09. The summed E-state index contributed by atoms with van der Waals surface area (Å²) in [4.78, 5) is 0. The maximum atomic E-state index is 9.23. The van der Waals surface area contributed by atoms with E-state index in [1.165, 1.54) is 0 Å². The monoisotopic (exact) mass is 296 g/mol. The van der Waals surface area contributed by atoms with Crippen molar-refractivity contribution >= 4 is 15.9 Å². The molecule has 17 heavy (non-hydrogen) atoms. The zero-order valence-corrected chi connectivity index (χ0v) is 11.0. The molecule has 1 atom stereocenters. The SMILES string of the molecule is CC(O)Cn1cc(Oc2cccc(Br)c2)cn1. The highest BCUT2D eigenvalue weighted by Gasteiger charge is 2.03. The summed E-state index contributed by atoms with van der Waals surface area (Å²) in [6, 6.07) is 7.59. The van der Waals surface area contributed by atoms with E-state index >= 15 is 0 Å². The van der Waals surface area contributed by atoms with Gasteiger partial charge in [0.05, 0.1) is 25.0 Å². The molecule has 2 rings (SSSR count). The first-order chi connectivity index (χ1) is 8.13. The van der Waals surface area contributed by atoms with Crippen LogP contribution in [0.25, 0.3) is 0 Å². The Hall–Kier alpha value is -1.33. The molecular weight excluding hydrogens is 284 g/mol. The molecule has 0 saturated heterocycles. The lowest BCUT2D eigenvalue weighted by atomic mass is 10.3. The fraction of sp³-hybridized carbons (Fsp3) is 0.250. The van der Waals surface area contributed by atoms with Gasteiger partial charge in [0, 0.05) is 4.47 Å². The zero-order chi connectivity index (χ0) is 12.3. The summed E-state index contributed by atoms with van der Waals surface area (Å²) in [6.07, 6.45) is 2.96. The predicted octanol–water partition coefficient (Wildman–Crippen LogP) is 2.82. The van der Waals surface area contributed by atoms with Crippen LogP contribution in [0.15, 0.2) is 41.1 Å². The van der Waals surface area contributed by atoms with Crippen molar-refractivity contribution in [1.82, 2.24) is 9.78 Å². The van der Waals surface area contributed by atoms with Crippen LogP contribution < -0.4 is 4.74 Å². The number of benzene rings is 1. The average molecular weight is 297 g/mol. The molecule has 0 saturated carbocycles. The summed E-state index contributed by atoms with van der Waals surface area (Å²) in [5.74, 6) is 1.40. The molecular formula is C12H13BrN2O2. The fourth-order valence-electron chi connectivity index (χ4n) is 1.43. The van der Waals surface area contributed by atoms with E-state index in [9.17, 15) is 5.11 Å². The van der Waals surface area contributed by atoms with Crippen LogP contribution in [0, 0.1) is 0 Å². The van der Waals surface area contributed by atoms with Gasteiger partial charge in [0.1, 0.15) is 5.75 Å². The Morgan fingerprint density at radius 3 is 3.00 bits per heavy atom. The van der Waals surface area contributed by atoms with Gasteiger partial charge in [0.15, 0.2) is 5.75 Å². The largest absolute Gasteiger partial charge is 0.454 e. The second-order valence-electron chi connectivity index (χ2n) is 3.81. The average Bonchev–Trinajstić information content (AvgIpc) is 2.64. The van der Waals surface area contributed by atoms with Crippen molar-refractivity contribution in [3.63, 3.8) is 0 Å². The second kappa shape index (κ2) is 5.33. The topological polar surface area (TPSA) is 47.3 Å². The van der Waals surface area contributed by atoms with Crippen molar-refractivity contribution in [3.05, 3.63) is 41.1 Å². The first kappa shape index (κ1) is 12.1. The highest BCUT2D eigenvalue weighted by molar-refractivity contribution is 9.10.